The third-order valence-corrected chi connectivity index (χ3v) is 2.52. The molecule has 1 aliphatic rings. The quantitative estimate of drug-likeness (QED) is 0.407. The van der Waals surface area contributed by atoms with Crippen LogP contribution in [0.4, 0.5) is 4.79 Å². The maximum atomic E-state index is 9.97. The summed E-state index contributed by atoms with van der Waals surface area (Å²) in [7, 11) is 0. The van der Waals surface area contributed by atoms with E-state index in [9.17, 15) is 4.79 Å². The van der Waals surface area contributed by atoms with Crippen LogP contribution >= 0.6 is 24.4 Å². The third-order valence-electron chi connectivity index (χ3n) is 0.977. The zero-order valence-corrected chi connectivity index (χ0v) is 6.69. The molecule has 10 heavy (non-hydrogen) atoms. The van der Waals surface area contributed by atoms with Crippen molar-refractivity contribution in [1.29, 1.82) is 0 Å². The lowest BCUT2D eigenvalue weighted by Crippen LogP contribution is -2.31. The molecule has 4 nitrogen and oxygen atoms in total. The summed E-state index contributed by atoms with van der Waals surface area (Å²) in [4.78, 5) is 9.97. The summed E-state index contributed by atoms with van der Waals surface area (Å²) in [5.41, 5.74) is 0. The van der Waals surface area contributed by atoms with Crippen molar-refractivity contribution < 1.29 is 14.6 Å². The second-order valence-corrected chi connectivity index (χ2v) is 3.73. The summed E-state index contributed by atoms with van der Waals surface area (Å²) in [5.74, 6) is 0.625. The molecule has 2 unspecified atom stereocenters. The summed E-state index contributed by atoms with van der Waals surface area (Å²) < 4.78 is 4.41. The van der Waals surface area contributed by atoms with Gasteiger partial charge in [-0.1, -0.05) is 0 Å². The molecule has 58 valence electrons. The summed E-state index contributed by atoms with van der Waals surface area (Å²) in [5, 5.41) is 11.0. The molecule has 2 N–H and O–H groups in total. The number of rotatable bonds is 1. The van der Waals surface area contributed by atoms with Gasteiger partial charge in [0.05, 0.1) is 0 Å². The monoisotopic (exact) mass is 181 g/mol. The van der Waals surface area contributed by atoms with E-state index in [2.05, 4.69) is 22.7 Å². The zero-order chi connectivity index (χ0) is 7.56. The van der Waals surface area contributed by atoms with Gasteiger partial charge < -0.3 is 9.84 Å². The normalized spacial score (nSPS) is 32.1. The van der Waals surface area contributed by atoms with E-state index >= 15 is 0 Å². The minimum atomic E-state index is -1.25. The maximum Gasteiger partial charge on any atom is 0.507 e. The van der Waals surface area contributed by atoms with E-state index in [1.807, 2.05) is 0 Å². The molecule has 2 atom stereocenters. The lowest BCUT2D eigenvalue weighted by molar-refractivity contribution is 0.0518. The average Bonchev–Trinajstić information content (AvgIpc) is 2.13. The second kappa shape index (κ2) is 3.36. The van der Waals surface area contributed by atoms with E-state index < -0.39 is 12.4 Å². The molecule has 1 fully saturated rings. The Labute approximate surface area is 67.7 Å². The molecule has 0 aliphatic carbocycles. The molecule has 0 amide bonds. The number of thiol groups is 1. The molecule has 0 aromatic carbocycles. The summed E-state index contributed by atoms with van der Waals surface area (Å²) in [6.45, 7) is 0. The van der Waals surface area contributed by atoms with Gasteiger partial charge in [0.25, 0.3) is 0 Å². The number of hydrogen-bond acceptors (Lipinski definition) is 5. The van der Waals surface area contributed by atoms with Gasteiger partial charge in [-0.15, -0.1) is 24.4 Å². The van der Waals surface area contributed by atoms with E-state index in [0.29, 0.717) is 5.75 Å². The second-order valence-electron chi connectivity index (χ2n) is 1.72. The molecule has 1 heterocycles. The largest absolute Gasteiger partial charge is 0.507 e. The molecule has 1 rings (SSSR count). The van der Waals surface area contributed by atoms with Crippen molar-refractivity contribution in [2.75, 3.05) is 5.75 Å². The highest BCUT2D eigenvalue weighted by Crippen LogP contribution is 2.21. The molecule has 0 spiro atoms. The van der Waals surface area contributed by atoms with E-state index in [-0.39, 0.29) is 4.71 Å². The minimum absolute atomic E-state index is 0.00986. The Balaban J connectivity index is 2.24. The van der Waals surface area contributed by atoms with Crippen LogP contribution in [0.3, 0.4) is 0 Å². The first-order valence-electron chi connectivity index (χ1n) is 2.64. The molecule has 0 saturated carbocycles. The van der Waals surface area contributed by atoms with Crippen molar-refractivity contribution in [3.63, 3.8) is 0 Å². The molecule has 1 saturated heterocycles. The van der Waals surface area contributed by atoms with Crippen molar-refractivity contribution in [2.45, 2.75) is 10.9 Å². The smallest absolute Gasteiger partial charge is 0.450 e. The first-order valence-corrected chi connectivity index (χ1v) is 4.20. The van der Waals surface area contributed by atoms with Crippen molar-refractivity contribution in [3.05, 3.63) is 0 Å². The fraction of sp³-hybridized carbons (Fsp3) is 0.750. The fourth-order valence-electron chi connectivity index (χ4n) is 0.624. The summed E-state index contributed by atoms with van der Waals surface area (Å²) in [6.07, 6.45) is -1.65. The minimum Gasteiger partial charge on any atom is -0.450 e. The van der Waals surface area contributed by atoms with Crippen molar-refractivity contribution in [1.82, 2.24) is 5.32 Å². The average molecular weight is 181 g/mol. The Morgan fingerprint density at radius 2 is 2.60 bits per heavy atom. The van der Waals surface area contributed by atoms with Crippen LogP contribution in [0.1, 0.15) is 0 Å². The van der Waals surface area contributed by atoms with Gasteiger partial charge in [-0.2, -0.15) is 0 Å². The molecule has 1 aliphatic heterocycles. The Morgan fingerprint density at radius 3 is 3.00 bits per heavy atom. The Kier molecular flexibility index (Phi) is 2.70. The molecule has 6 heteroatoms. The highest BCUT2D eigenvalue weighted by molar-refractivity contribution is 8.10. The van der Waals surface area contributed by atoms with E-state index in [1.54, 1.807) is 0 Å². The summed E-state index contributed by atoms with van der Waals surface area (Å²) in [6, 6.07) is 0. The predicted molar refractivity (Wildman–Crippen MR) is 41.3 cm³/mol. The molecule has 0 aromatic heterocycles. The molecular weight excluding hydrogens is 174 g/mol. The van der Waals surface area contributed by atoms with E-state index in [0.717, 1.165) is 0 Å². The van der Waals surface area contributed by atoms with Crippen LogP contribution in [0.15, 0.2) is 0 Å². The van der Waals surface area contributed by atoms with Crippen LogP contribution in [0.25, 0.3) is 0 Å². The SMILES string of the molecule is O=C(O)OC1CSC(S)N1. The van der Waals surface area contributed by atoms with Gasteiger partial charge in [-0.25, -0.2) is 4.79 Å². The summed E-state index contributed by atoms with van der Waals surface area (Å²) >= 11 is 5.57. The van der Waals surface area contributed by atoms with Crippen molar-refractivity contribution in [3.8, 4) is 0 Å². The van der Waals surface area contributed by atoms with E-state index in [1.165, 1.54) is 11.8 Å². The van der Waals surface area contributed by atoms with Gasteiger partial charge in [0.1, 0.15) is 4.71 Å². The maximum absolute atomic E-state index is 9.97. The first-order chi connectivity index (χ1) is 4.68. The number of thioether (sulfide) groups is 1. The molecule has 0 bridgehead atoms. The lowest BCUT2D eigenvalue weighted by Gasteiger charge is -2.07. The van der Waals surface area contributed by atoms with Crippen molar-refractivity contribution >= 4 is 30.5 Å². The number of hydrogen-bond donors (Lipinski definition) is 3. The van der Waals surface area contributed by atoms with Gasteiger partial charge >= 0.3 is 6.16 Å². The standard InChI is InChI=1S/C4H7NO3S2/c6-4(7)8-2-1-10-3(9)5-2/h2-3,5,9H,1H2,(H,6,7). The van der Waals surface area contributed by atoms with Gasteiger partial charge in [0.15, 0.2) is 6.23 Å². The van der Waals surface area contributed by atoms with Crippen LogP contribution in [0.2, 0.25) is 0 Å². The van der Waals surface area contributed by atoms with Crippen LogP contribution in [0.5, 0.6) is 0 Å². The Hall–Kier alpha value is -0.0700. The van der Waals surface area contributed by atoms with Gasteiger partial charge in [0, 0.05) is 5.75 Å². The lowest BCUT2D eigenvalue weighted by atomic mass is 10.7. The van der Waals surface area contributed by atoms with E-state index in [4.69, 9.17) is 5.11 Å². The number of nitrogens with one attached hydrogen (secondary N) is 1. The zero-order valence-electron chi connectivity index (χ0n) is 4.98. The van der Waals surface area contributed by atoms with Crippen molar-refractivity contribution in [2.24, 2.45) is 0 Å². The predicted octanol–water partition coefficient (Wildman–Crippen LogP) is 0.557. The van der Waals surface area contributed by atoms with Crippen LogP contribution in [-0.2, 0) is 4.74 Å². The Bertz CT molecular complexity index is 142. The van der Waals surface area contributed by atoms with Crippen LogP contribution < -0.4 is 5.32 Å². The van der Waals surface area contributed by atoms with Crippen LogP contribution in [0, 0.1) is 0 Å². The number of carbonyl (C=O) groups is 1. The van der Waals surface area contributed by atoms with Gasteiger partial charge in [-0.05, 0) is 0 Å². The molecular formula is C4H7NO3S2. The van der Waals surface area contributed by atoms with Crippen LogP contribution in [-0.4, -0.2) is 27.9 Å². The van der Waals surface area contributed by atoms with Gasteiger partial charge in [-0.3, -0.25) is 5.32 Å². The Morgan fingerprint density at radius 1 is 1.90 bits per heavy atom. The fourth-order valence-corrected chi connectivity index (χ4v) is 1.82. The third kappa shape index (κ3) is 2.28. The topological polar surface area (TPSA) is 58.6 Å². The number of carboxylic acid groups (broad SMARTS) is 1. The van der Waals surface area contributed by atoms with Gasteiger partial charge in [0.2, 0.25) is 0 Å². The first kappa shape index (κ1) is 8.03. The molecule has 0 aromatic rings. The molecule has 0 radical (unpaired) electrons. The number of ether oxygens (including phenoxy) is 1. The highest BCUT2D eigenvalue weighted by Gasteiger charge is 2.24. The highest BCUT2D eigenvalue weighted by atomic mass is 32.2.